The van der Waals surface area contributed by atoms with Crippen molar-refractivity contribution in [2.45, 2.75) is 13.5 Å². The first-order valence-electron chi connectivity index (χ1n) is 3.96. The monoisotopic (exact) mass is 183 g/mol. The van der Waals surface area contributed by atoms with Gasteiger partial charge in [0.25, 0.3) is 0 Å². The first-order valence-corrected chi connectivity index (χ1v) is 4.37. The van der Waals surface area contributed by atoms with Crippen molar-refractivity contribution in [1.82, 2.24) is 15.6 Å². The van der Waals surface area contributed by atoms with Gasteiger partial charge in [0.15, 0.2) is 5.11 Å². The summed E-state index contributed by atoms with van der Waals surface area (Å²) in [6.45, 7) is 3.65. The van der Waals surface area contributed by atoms with Crippen molar-refractivity contribution in [3.8, 4) is 0 Å². The molecule has 0 fully saturated rings. The molecule has 66 valence electrons. The van der Waals surface area contributed by atoms with Crippen molar-refractivity contribution in [2.75, 3.05) is 6.54 Å². The topological polar surface area (TPSA) is 39.8 Å². The zero-order valence-electron chi connectivity index (χ0n) is 7.05. The van der Waals surface area contributed by atoms with E-state index in [2.05, 4.69) is 15.6 Å². The second-order valence-electron chi connectivity index (χ2n) is 2.43. The lowest BCUT2D eigenvalue weighted by Gasteiger charge is -2.06. The number of H-pyrrole nitrogens is 1. The molecule has 1 heterocycles. The fourth-order valence-electron chi connectivity index (χ4n) is 0.874. The first kappa shape index (κ1) is 9.06. The van der Waals surface area contributed by atoms with Crippen LogP contribution in [0.5, 0.6) is 0 Å². The van der Waals surface area contributed by atoms with Crippen LogP contribution in [-0.2, 0) is 6.54 Å². The molecule has 0 aliphatic carbocycles. The zero-order chi connectivity index (χ0) is 8.81. The molecule has 0 unspecified atom stereocenters. The number of rotatable bonds is 3. The Morgan fingerprint density at radius 1 is 1.58 bits per heavy atom. The van der Waals surface area contributed by atoms with Gasteiger partial charge in [-0.1, -0.05) is 0 Å². The van der Waals surface area contributed by atoms with Crippen LogP contribution in [0.25, 0.3) is 0 Å². The normalized spacial score (nSPS) is 9.42. The summed E-state index contributed by atoms with van der Waals surface area (Å²) in [7, 11) is 0. The van der Waals surface area contributed by atoms with Gasteiger partial charge >= 0.3 is 0 Å². The van der Waals surface area contributed by atoms with E-state index in [4.69, 9.17) is 12.2 Å². The maximum Gasteiger partial charge on any atom is 0.166 e. The summed E-state index contributed by atoms with van der Waals surface area (Å²) in [5, 5.41) is 6.81. The van der Waals surface area contributed by atoms with Crippen LogP contribution in [0, 0.1) is 0 Å². The molecule has 1 rings (SSSR count). The lowest BCUT2D eigenvalue weighted by atomic mass is 10.3. The van der Waals surface area contributed by atoms with Crippen molar-refractivity contribution in [2.24, 2.45) is 0 Å². The maximum absolute atomic E-state index is 4.99. The van der Waals surface area contributed by atoms with E-state index in [1.807, 2.05) is 25.4 Å². The molecule has 3 nitrogen and oxygen atoms in total. The highest BCUT2D eigenvalue weighted by atomic mass is 32.1. The smallest absolute Gasteiger partial charge is 0.166 e. The van der Waals surface area contributed by atoms with Gasteiger partial charge in [-0.2, -0.15) is 0 Å². The molecule has 0 spiro atoms. The van der Waals surface area contributed by atoms with Gasteiger partial charge in [0, 0.05) is 25.5 Å². The SMILES string of the molecule is CCNC(=S)NCc1cc[nH]c1. The minimum atomic E-state index is 0.707. The number of aromatic nitrogens is 1. The third-order valence-corrected chi connectivity index (χ3v) is 1.74. The molecule has 0 radical (unpaired) electrons. The molecule has 0 aliphatic rings. The molecular formula is C8H13N3S. The fourth-order valence-corrected chi connectivity index (χ4v) is 1.09. The minimum Gasteiger partial charge on any atom is -0.367 e. The van der Waals surface area contributed by atoms with Crippen LogP contribution in [0.4, 0.5) is 0 Å². The van der Waals surface area contributed by atoms with Crippen LogP contribution < -0.4 is 10.6 Å². The van der Waals surface area contributed by atoms with E-state index in [0.29, 0.717) is 5.11 Å². The number of hydrogen-bond acceptors (Lipinski definition) is 1. The van der Waals surface area contributed by atoms with E-state index >= 15 is 0 Å². The molecule has 0 atom stereocenters. The average Bonchev–Trinajstić information content (AvgIpc) is 2.53. The van der Waals surface area contributed by atoms with E-state index in [-0.39, 0.29) is 0 Å². The van der Waals surface area contributed by atoms with Gasteiger partial charge in [-0.05, 0) is 30.8 Å². The summed E-state index contributed by atoms with van der Waals surface area (Å²) in [5.74, 6) is 0. The van der Waals surface area contributed by atoms with Crippen LogP contribution >= 0.6 is 12.2 Å². The van der Waals surface area contributed by atoms with E-state index < -0.39 is 0 Å². The highest BCUT2D eigenvalue weighted by Crippen LogP contribution is 1.94. The Balaban J connectivity index is 2.22. The third-order valence-electron chi connectivity index (χ3n) is 1.45. The van der Waals surface area contributed by atoms with Crippen LogP contribution in [0.15, 0.2) is 18.5 Å². The van der Waals surface area contributed by atoms with Crippen molar-refractivity contribution >= 4 is 17.3 Å². The Morgan fingerprint density at radius 3 is 3.00 bits per heavy atom. The van der Waals surface area contributed by atoms with Gasteiger partial charge in [0.05, 0.1) is 0 Å². The number of nitrogens with one attached hydrogen (secondary N) is 3. The van der Waals surface area contributed by atoms with Crippen LogP contribution in [0.1, 0.15) is 12.5 Å². The maximum atomic E-state index is 4.99. The molecule has 0 saturated carbocycles. The van der Waals surface area contributed by atoms with Gasteiger partial charge in [-0.25, -0.2) is 0 Å². The highest BCUT2D eigenvalue weighted by Gasteiger charge is 1.93. The predicted molar refractivity (Wildman–Crippen MR) is 53.9 cm³/mol. The summed E-state index contributed by atoms with van der Waals surface area (Å²) < 4.78 is 0. The summed E-state index contributed by atoms with van der Waals surface area (Å²) >= 11 is 4.99. The minimum absolute atomic E-state index is 0.707. The number of hydrogen-bond donors (Lipinski definition) is 3. The third kappa shape index (κ3) is 2.92. The standard InChI is InChI=1S/C8H13N3S/c1-2-10-8(12)11-6-7-3-4-9-5-7/h3-5,9H,2,6H2,1H3,(H2,10,11,12). The number of aromatic amines is 1. The number of thiocarbonyl (C=S) groups is 1. The molecular weight excluding hydrogens is 170 g/mol. The molecule has 0 aliphatic heterocycles. The Kier molecular flexibility index (Phi) is 3.60. The summed E-state index contributed by atoms with van der Waals surface area (Å²) in [6, 6.07) is 2.02. The predicted octanol–water partition coefficient (Wildman–Crippen LogP) is 0.999. The molecule has 0 amide bonds. The van der Waals surface area contributed by atoms with Crippen molar-refractivity contribution in [3.63, 3.8) is 0 Å². The lowest BCUT2D eigenvalue weighted by molar-refractivity contribution is 0.855. The second-order valence-corrected chi connectivity index (χ2v) is 2.84. The summed E-state index contributed by atoms with van der Waals surface area (Å²) in [4.78, 5) is 2.98. The van der Waals surface area contributed by atoms with E-state index in [1.165, 1.54) is 5.56 Å². The molecule has 0 bridgehead atoms. The van der Waals surface area contributed by atoms with Gasteiger partial charge in [0.2, 0.25) is 0 Å². The fraction of sp³-hybridized carbons (Fsp3) is 0.375. The van der Waals surface area contributed by atoms with Gasteiger partial charge in [0.1, 0.15) is 0 Å². The van der Waals surface area contributed by atoms with Crippen molar-refractivity contribution < 1.29 is 0 Å². The molecule has 12 heavy (non-hydrogen) atoms. The first-order chi connectivity index (χ1) is 5.83. The molecule has 1 aromatic rings. The molecule has 3 N–H and O–H groups in total. The molecule has 0 saturated heterocycles. The van der Waals surface area contributed by atoms with Gasteiger partial charge < -0.3 is 15.6 Å². The Hall–Kier alpha value is -1.03. The molecule has 4 heteroatoms. The Bertz CT molecular complexity index is 230. The van der Waals surface area contributed by atoms with E-state index in [1.54, 1.807) is 0 Å². The lowest BCUT2D eigenvalue weighted by Crippen LogP contribution is -2.34. The van der Waals surface area contributed by atoms with Crippen LogP contribution in [0.2, 0.25) is 0 Å². The van der Waals surface area contributed by atoms with Crippen molar-refractivity contribution in [1.29, 1.82) is 0 Å². The zero-order valence-corrected chi connectivity index (χ0v) is 7.87. The Labute approximate surface area is 77.6 Å². The molecule has 1 aromatic heterocycles. The largest absolute Gasteiger partial charge is 0.367 e. The summed E-state index contributed by atoms with van der Waals surface area (Å²) in [5.41, 5.74) is 1.20. The highest BCUT2D eigenvalue weighted by molar-refractivity contribution is 7.80. The Morgan fingerprint density at radius 2 is 2.42 bits per heavy atom. The average molecular weight is 183 g/mol. The van der Waals surface area contributed by atoms with E-state index in [9.17, 15) is 0 Å². The molecule has 0 aromatic carbocycles. The second kappa shape index (κ2) is 4.77. The van der Waals surface area contributed by atoms with Crippen molar-refractivity contribution in [3.05, 3.63) is 24.0 Å². The summed E-state index contributed by atoms with van der Waals surface area (Å²) in [6.07, 6.45) is 3.84. The van der Waals surface area contributed by atoms with Gasteiger partial charge in [-0.3, -0.25) is 0 Å². The quantitative estimate of drug-likeness (QED) is 0.612. The van der Waals surface area contributed by atoms with Crippen LogP contribution in [-0.4, -0.2) is 16.6 Å². The van der Waals surface area contributed by atoms with Crippen LogP contribution in [0.3, 0.4) is 0 Å². The van der Waals surface area contributed by atoms with E-state index in [0.717, 1.165) is 13.1 Å². The van der Waals surface area contributed by atoms with Gasteiger partial charge in [-0.15, -0.1) is 0 Å².